The van der Waals surface area contributed by atoms with Crippen molar-refractivity contribution in [1.82, 2.24) is 9.55 Å². The number of nitrogens with zero attached hydrogens (tertiary/aromatic N) is 2. The Labute approximate surface area is 169 Å². The lowest BCUT2D eigenvalue weighted by molar-refractivity contribution is -0.137. The van der Waals surface area contributed by atoms with Crippen LogP contribution in [0.1, 0.15) is 23.3 Å². The summed E-state index contributed by atoms with van der Waals surface area (Å²) in [4.78, 5) is 32.5. The second-order valence-electron chi connectivity index (χ2n) is 6.84. The molecule has 0 radical (unpaired) electrons. The Hall–Kier alpha value is -2.32. The van der Waals surface area contributed by atoms with E-state index in [1.807, 2.05) is 24.3 Å². The molecule has 2 aromatic heterocycles. The molecule has 1 aliphatic heterocycles. The molecule has 8 heteroatoms. The molecule has 2 aliphatic rings. The number of carbonyl (C=O) groups excluding carboxylic acids is 1. The van der Waals surface area contributed by atoms with Crippen LogP contribution < -0.4 is 10.3 Å². The van der Waals surface area contributed by atoms with Crippen LogP contribution in [0.25, 0.3) is 15.9 Å². The van der Waals surface area contributed by atoms with E-state index >= 15 is 0 Å². The van der Waals surface area contributed by atoms with Crippen LogP contribution in [0, 0.1) is 0 Å². The van der Waals surface area contributed by atoms with Crippen molar-refractivity contribution in [3.63, 3.8) is 0 Å². The summed E-state index contributed by atoms with van der Waals surface area (Å²) < 4.78 is 12.1. The molecule has 0 unspecified atom stereocenters. The van der Waals surface area contributed by atoms with Gasteiger partial charge in [0.15, 0.2) is 5.16 Å². The van der Waals surface area contributed by atoms with Gasteiger partial charge in [0.25, 0.3) is 5.56 Å². The van der Waals surface area contributed by atoms with Crippen LogP contribution >= 0.6 is 23.1 Å². The number of hydrogen-bond donors (Lipinski definition) is 0. The number of ether oxygens (including phenoxy) is 2. The van der Waals surface area contributed by atoms with Crippen molar-refractivity contribution in [3.05, 3.63) is 45.1 Å². The van der Waals surface area contributed by atoms with Crippen LogP contribution in [0.2, 0.25) is 0 Å². The number of thioether (sulfide) groups is 1. The number of rotatable bonds is 4. The molecule has 3 aromatic rings. The monoisotopic (exact) mass is 414 g/mol. The van der Waals surface area contributed by atoms with Crippen LogP contribution in [0.5, 0.6) is 5.75 Å². The smallest absolute Gasteiger partial charge is 0.319 e. The first kappa shape index (κ1) is 17.8. The molecule has 0 N–H and O–H groups in total. The number of thiophene rings is 1. The first-order valence-electron chi connectivity index (χ1n) is 9.20. The van der Waals surface area contributed by atoms with Crippen LogP contribution in [0.3, 0.4) is 0 Å². The minimum atomic E-state index is -0.340. The number of benzene rings is 1. The van der Waals surface area contributed by atoms with Crippen LogP contribution in [-0.2, 0) is 22.4 Å². The standard InChI is InChI=1S/C20H18N2O4S2/c1-25-12-5-2-4-11(10-12)22-18(23)16-13-6-3-7-14(13)27-17(16)21-20(22)28-15-8-9-26-19(15)24/h2,4-5,10,15H,3,6-9H2,1H3/t15-/m1/s1. The molecule has 28 heavy (non-hydrogen) atoms. The molecule has 3 heterocycles. The molecular weight excluding hydrogens is 396 g/mol. The van der Waals surface area contributed by atoms with Gasteiger partial charge < -0.3 is 9.47 Å². The third-order valence-corrected chi connectivity index (χ3v) is 7.54. The van der Waals surface area contributed by atoms with Gasteiger partial charge in [-0.2, -0.15) is 0 Å². The average molecular weight is 415 g/mol. The summed E-state index contributed by atoms with van der Waals surface area (Å²) in [6.07, 6.45) is 3.63. The minimum absolute atomic E-state index is 0.0773. The van der Waals surface area contributed by atoms with Crippen molar-refractivity contribution >= 4 is 39.3 Å². The number of hydrogen-bond acceptors (Lipinski definition) is 7. The SMILES string of the molecule is COc1cccc(-n2c(S[C@@H]3CCOC3=O)nc3sc4c(c3c2=O)CCC4)c1. The highest BCUT2D eigenvalue weighted by atomic mass is 32.2. The maximum absolute atomic E-state index is 13.6. The van der Waals surface area contributed by atoms with Crippen LogP contribution in [0.4, 0.5) is 0 Å². The Morgan fingerprint density at radius 1 is 1.32 bits per heavy atom. The topological polar surface area (TPSA) is 70.4 Å². The Balaban J connectivity index is 1.74. The highest BCUT2D eigenvalue weighted by Gasteiger charge is 2.31. The molecule has 6 nitrogen and oxygen atoms in total. The van der Waals surface area contributed by atoms with E-state index in [-0.39, 0.29) is 16.8 Å². The summed E-state index contributed by atoms with van der Waals surface area (Å²) in [5.74, 6) is 0.418. The van der Waals surface area contributed by atoms with Gasteiger partial charge in [-0.05, 0) is 37.0 Å². The van der Waals surface area contributed by atoms with Gasteiger partial charge in [0.1, 0.15) is 15.8 Å². The fraction of sp³-hybridized carbons (Fsp3) is 0.350. The number of cyclic esters (lactones) is 1. The number of methoxy groups -OCH3 is 1. The summed E-state index contributed by atoms with van der Waals surface area (Å²) in [6.45, 7) is 0.412. The molecular formula is C20H18N2O4S2. The second-order valence-corrected chi connectivity index (χ2v) is 9.09. The fourth-order valence-electron chi connectivity index (χ4n) is 3.79. The maximum atomic E-state index is 13.6. The molecule has 0 saturated carbocycles. The number of esters is 1. The zero-order chi connectivity index (χ0) is 19.3. The fourth-order valence-corrected chi connectivity index (χ4v) is 6.17. The predicted octanol–water partition coefficient (Wildman–Crippen LogP) is 3.35. The summed E-state index contributed by atoms with van der Waals surface area (Å²) in [5, 5.41) is 0.904. The van der Waals surface area contributed by atoms with Gasteiger partial charge in [-0.1, -0.05) is 17.8 Å². The molecule has 0 bridgehead atoms. The van der Waals surface area contributed by atoms with Crippen molar-refractivity contribution in [2.45, 2.75) is 36.1 Å². The van der Waals surface area contributed by atoms with Gasteiger partial charge in [-0.25, -0.2) is 4.98 Å². The molecule has 0 spiro atoms. The number of fused-ring (bicyclic) bond motifs is 3. The predicted molar refractivity (Wildman–Crippen MR) is 109 cm³/mol. The highest BCUT2D eigenvalue weighted by molar-refractivity contribution is 8.00. The van der Waals surface area contributed by atoms with Crippen molar-refractivity contribution < 1.29 is 14.3 Å². The van der Waals surface area contributed by atoms with Gasteiger partial charge in [-0.3, -0.25) is 14.2 Å². The minimum Gasteiger partial charge on any atom is -0.497 e. The second kappa shape index (κ2) is 6.93. The van der Waals surface area contributed by atoms with Crippen molar-refractivity contribution in [2.75, 3.05) is 13.7 Å². The Bertz CT molecular complexity index is 1150. The van der Waals surface area contributed by atoms with Crippen LogP contribution in [-0.4, -0.2) is 34.5 Å². The van der Waals surface area contributed by atoms with Gasteiger partial charge >= 0.3 is 5.97 Å². The van der Waals surface area contributed by atoms with E-state index in [2.05, 4.69) is 0 Å². The van der Waals surface area contributed by atoms with Gasteiger partial charge in [0, 0.05) is 17.4 Å². The van der Waals surface area contributed by atoms with Gasteiger partial charge in [0.05, 0.1) is 24.8 Å². The van der Waals surface area contributed by atoms with Gasteiger partial charge in [-0.15, -0.1) is 11.3 Å². The molecule has 5 rings (SSSR count). The van der Waals surface area contributed by atoms with Gasteiger partial charge in [0.2, 0.25) is 0 Å². The van der Waals surface area contributed by atoms with Crippen LogP contribution in [0.15, 0.2) is 34.2 Å². The summed E-state index contributed by atoms with van der Waals surface area (Å²) in [6, 6.07) is 7.37. The highest BCUT2D eigenvalue weighted by Crippen LogP contribution is 2.37. The summed E-state index contributed by atoms with van der Waals surface area (Å²) >= 11 is 2.91. The molecule has 0 amide bonds. The molecule has 1 aliphatic carbocycles. The Morgan fingerprint density at radius 2 is 2.21 bits per heavy atom. The number of carbonyl (C=O) groups is 1. The van der Waals surface area contributed by atoms with Crippen molar-refractivity contribution in [2.24, 2.45) is 0 Å². The largest absolute Gasteiger partial charge is 0.497 e. The zero-order valence-electron chi connectivity index (χ0n) is 15.3. The first-order valence-corrected chi connectivity index (χ1v) is 10.9. The first-order chi connectivity index (χ1) is 13.7. The lowest BCUT2D eigenvalue weighted by atomic mass is 10.2. The number of aromatic nitrogens is 2. The Morgan fingerprint density at radius 3 is 3.00 bits per heavy atom. The van der Waals surface area contributed by atoms with E-state index in [0.717, 1.165) is 35.0 Å². The zero-order valence-corrected chi connectivity index (χ0v) is 16.9. The van der Waals surface area contributed by atoms with E-state index in [1.54, 1.807) is 23.0 Å². The van der Waals surface area contributed by atoms with E-state index in [0.29, 0.717) is 29.6 Å². The van der Waals surface area contributed by atoms with E-state index in [4.69, 9.17) is 14.5 Å². The van der Waals surface area contributed by atoms with E-state index < -0.39 is 0 Å². The lowest BCUT2D eigenvalue weighted by Gasteiger charge is -2.14. The van der Waals surface area contributed by atoms with E-state index in [9.17, 15) is 9.59 Å². The van der Waals surface area contributed by atoms with Crippen molar-refractivity contribution in [3.8, 4) is 11.4 Å². The third kappa shape index (κ3) is 2.82. The average Bonchev–Trinajstić information content (AvgIpc) is 3.38. The van der Waals surface area contributed by atoms with Crippen molar-refractivity contribution in [1.29, 1.82) is 0 Å². The molecule has 1 aromatic carbocycles. The van der Waals surface area contributed by atoms with E-state index in [1.165, 1.54) is 16.6 Å². The molecule has 144 valence electrons. The third-order valence-electron chi connectivity index (χ3n) is 5.15. The molecule has 1 atom stereocenters. The Kier molecular flexibility index (Phi) is 4.40. The molecule has 1 saturated heterocycles. The maximum Gasteiger partial charge on any atom is 0.319 e. The quantitative estimate of drug-likeness (QED) is 0.482. The normalized spacial score (nSPS) is 18.5. The summed E-state index contributed by atoms with van der Waals surface area (Å²) in [5.41, 5.74) is 1.75. The number of aryl methyl sites for hydroxylation is 2. The summed E-state index contributed by atoms with van der Waals surface area (Å²) in [7, 11) is 1.60. The molecule has 1 fully saturated rings. The lowest BCUT2D eigenvalue weighted by Crippen LogP contribution is -2.23.